The zero-order valence-corrected chi connectivity index (χ0v) is 10.7. The Labute approximate surface area is 112 Å². The van der Waals surface area contributed by atoms with Crippen LogP contribution in [0.2, 0.25) is 0 Å². The molecule has 1 saturated heterocycles. The second kappa shape index (κ2) is 6.55. The van der Waals surface area contributed by atoms with Crippen LogP contribution in [0.3, 0.4) is 0 Å². The molecule has 1 fully saturated rings. The monoisotopic (exact) mass is 256 g/mol. The largest absolute Gasteiger partial charge is 0.345 e. The molecule has 0 atom stereocenters. The Morgan fingerprint density at radius 2 is 2.16 bits per heavy atom. The molecule has 0 unspecified atom stereocenters. The first kappa shape index (κ1) is 13.1. The van der Waals surface area contributed by atoms with Crippen LogP contribution in [0.4, 0.5) is 5.82 Å². The van der Waals surface area contributed by atoms with Crippen LogP contribution in [-0.2, 0) is 4.79 Å². The minimum atomic E-state index is -0.203. The summed E-state index contributed by atoms with van der Waals surface area (Å²) in [5.41, 5.74) is 0.118. The van der Waals surface area contributed by atoms with Gasteiger partial charge in [0.25, 0.3) is 5.91 Å². The van der Waals surface area contributed by atoms with Crippen molar-refractivity contribution in [2.45, 2.75) is 19.3 Å². The minimum Gasteiger partial charge on any atom is -0.345 e. The van der Waals surface area contributed by atoms with Crippen LogP contribution in [0.5, 0.6) is 0 Å². The highest BCUT2D eigenvalue weighted by Gasteiger charge is 2.19. The molecule has 0 radical (unpaired) electrons. The molecule has 2 heterocycles. The van der Waals surface area contributed by atoms with Crippen LogP contribution in [0, 0.1) is 11.3 Å². The molecule has 2 rings (SSSR count). The molecule has 1 aliphatic rings. The Bertz CT molecular complexity index is 498. The van der Waals surface area contributed by atoms with Crippen LogP contribution >= 0.6 is 0 Å². The summed E-state index contributed by atoms with van der Waals surface area (Å²) in [7, 11) is 0. The maximum Gasteiger partial charge on any atom is 0.266 e. The number of hydrogen-bond acceptors (Lipinski definition) is 4. The number of rotatable bonds is 3. The first-order valence-corrected chi connectivity index (χ1v) is 6.38. The van der Waals surface area contributed by atoms with Gasteiger partial charge < -0.3 is 10.2 Å². The van der Waals surface area contributed by atoms with Crippen LogP contribution < -0.4 is 5.32 Å². The topological polar surface area (TPSA) is 69.0 Å². The quantitative estimate of drug-likeness (QED) is 0.662. The lowest BCUT2D eigenvalue weighted by molar-refractivity contribution is -0.127. The highest BCUT2D eigenvalue weighted by atomic mass is 16.2. The van der Waals surface area contributed by atoms with Crippen LogP contribution in [-0.4, -0.2) is 28.9 Å². The summed E-state index contributed by atoms with van der Waals surface area (Å²) in [6.45, 7) is 1.48. The van der Waals surface area contributed by atoms with Gasteiger partial charge in [0.1, 0.15) is 17.5 Å². The van der Waals surface area contributed by atoms with Crippen molar-refractivity contribution in [1.82, 2.24) is 9.88 Å². The van der Waals surface area contributed by atoms with Crippen molar-refractivity contribution >= 4 is 11.7 Å². The van der Waals surface area contributed by atoms with Crippen molar-refractivity contribution < 1.29 is 4.79 Å². The number of carbonyl (C=O) groups is 1. The predicted molar refractivity (Wildman–Crippen MR) is 72.0 cm³/mol. The van der Waals surface area contributed by atoms with Gasteiger partial charge in [-0.3, -0.25) is 4.79 Å². The van der Waals surface area contributed by atoms with Crippen molar-refractivity contribution in [3.8, 4) is 6.07 Å². The smallest absolute Gasteiger partial charge is 0.266 e. The molecule has 98 valence electrons. The minimum absolute atomic E-state index is 0.118. The van der Waals surface area contributed by atoms with Crippen molar-refractivity contribution in [2.75, 3.05) is 18.4 Å². The van der Waals surface area contributed by atoms with Gasteiger partial charge in [-0.2, -0.15) is 5.26 Å². The van der Waals surface area contributed by atoms with Gasteiger partial charge in [0.2, 0.25) is 0 Å². The number of anilines is 1. The number of aromatic nitrogens is 1. The number of pyridine rings is 1. The normalized spacial score (nSPS) is 15.7. The maximum absolute atomic E-state index is 12.1. The SMILES string of the molecule is N#C/C(=C/Nc1ccccn1)C(=O)N1CCCCC1. The second-order valence-electron chi connectivity index (χ2n) is 4.38. The number of hydrogen-bond donors (Lipinski definition) is 1. The second-order valence-corrected chi connectivity index (χ2v) is 4.38. The van der Waals surface area contributed by atoms with E-state index < -0.39 is 0 Å². The van der Waals surface area contributed by atoms with E-state index in [1.165, 1.54) is 6.20 Å². The molecule has 5 nitrogen and oxygen atoms in total. The summed E-state index contributed by atoms with van der Waals surface area (Å²) < 4.78 is 0. The summed E-state index contributed by atoms with van der Waals surface area (Å²) in [4.78, 5) is 17.9. The fraction of sp³-hybridized carbons (Fsp3) is 0.357. The summed E-state index contributed by atoms with van der Waals surface area (Å²) in [6.07, 6.45) is 6.26. The summed E-state index contributed by atoms with van der Waals surface area (Å²) >= 11 is 0. The van der Waals surface area contributed by atoms with Gasteiger partial charge in [-0.25, -0.2) is 4.98 Å². The van der Waals surface area contributed by atoms with Crippen molar-refractivity contribution in [2.24, 2.45) is 0 Å². The average molecular weight is 256 g/mol. The first-order chi connectivity index (χ1) is 9.31. The third kappa shape index (κ3) is 3.55. The summed E-state index contributed by atoms with van der Waals surface area (Å²) in [5, 5.41) is 12.0. The van der Waals surface area contributed by atoms with Gasteiger partial charge in [0.15, 0.2) is 0 Å². The molecule has 0 aliphatic carbocycles. The molecule has 1 aromatic heterocycles. The average Bonchev–Trinajstić information content (AvgIpc) is 2.49. The van der Waals surface area contributed by atoms with E-state index in [1.807, 2.05) is 12.1 Å². The third-order valence-electron chi connectivity index (χ3n) is 3.02. The lowest BCUT2D eigenvalue weighted by atomic mass is 10.1. The number of amides is 1. The number of nitriles is 1. The van der Waals surface area contributed by atoms with E-state index >= 15 is 0 Å². The predicted octanol–water partition coefficient (Wildman–Crippen LogP) is 1.91. The molecule has 0 bridgehead atoms. The molecule has 1 aliphatic heterocycles. The van der Waals surface area contributed by atoms with Gasteiger partial charge in [-0.05, 0) is 31.4 Å². The Balaban J connectivity index is 2.03. The molecule has 1 aromatic rings. The number of nitrogens with zero attached hydrogens (tertiary/aromatic N) is 3. The van der Waals surface area contributed by atoms with Crippen molar-refractivity contribution in [3.05, 3.63) is 36.2 Å². The molecule has 5 heteroatoms. The number of nitrogens with one attached hydrogen (secondary N) is 1. The van der Waals surface area contributed by atoms with E-state index in [1.54, 1.807) is 23.2 Å². The first-order valence-electron chi connectivity index (χ1n) is 6.38. The number of piperidine rings is 1. The number of likely N-dealkylation sites (tertiary alicyclic amines) is 1. The van der Waals surface area contributed by atoms with Gasteiger partial charge in [0, 0.05) is 25.5 Å². The van der Waals surface area contributed by atoms with E-state index in [0.717, 1.165) is 32.4 Å². The Morgan fingerprint density at radius 3 is 2.79 bits per heavy atom. The van der Waals surface area contributed by atoms with E-state index in [2.05, 4.69) is 10.3 Å². The zero-order chi connectivity index (χ0) is 13.5. The van der Waals surface area contributed by atoms with Gasteiger partial charge in [-0.15, -0.1) is 0 Å². The van der Waals surface area contributed by atoms with Crippen molar-refractivity contribution in [3.63, 3.8) is 0 Å². The molecule has 0 spiro atoms. The van der Waals surface area contributed by atoms with E-state index in [4.69, 9.17) is 5.26 Å². The fourth-order valence-corrected chi connectivity index (χ4v) is 2.00. The van der Waals surface area contributed by atoms with E-state index in [0.29, 0.717) is 5.82 Å². The standard InChI is InChI=1S/C14H16N4O/c15-10-12(11-17-13-6-2-3-7-16-13)14(19)18-8-4-1-5-9-18/h2-3,6-7,11H,1,4-5,8-9H2,(H,16,17)/b12-11-. The molecule has 0 saturated carbocycles. The lowest BCUT2D eigenvalue weighted by Crippen LogP contribution is -2.36. The summed E-state index contributed by atoms with van der Waals surface area (Å²) in [5.74, 6) is 0.410. The van der Waals surface area contributed by atoms with Gasteiger partial charge in [0.05, 0.1) is 0 Å². The number of carbonyl (C=O) groups excluding carboxylic acids is 1. The van der Waals surface area contributed by atoms with Gasteiger partial charge in [-0.1, -0.05) is 6.07 Å². The highest BCUT2D eigenvalue weighted by molar-refractivity contribution is 5.97. The molecule has 1 N–H and O–H groups in total. The molecule has 1 amide bonds. The molecular weight excluding hydrogens is 240 g/mol. The van der Waals surface area contributed by atoms with E-state index in [9.17, 15) is 4.79 Å². The van der Waals surface area contributed by atoms with Crippen LogP contribution in [0.1, 0.15) is 19.3 Å². The molecule has 19 heavy (non-hydrogen) atoms. The molecular formula is C14H16N4O. The fourth-order valence-electron chi connectivity index (χ4n) is 2.00. The van der Waals surface area contributed by atoms with Crippen LogP contribution in [0.15, 0.2) is 36.2 Å². The maximum atomic E-state index is 12.1. The zero-order valence-electron chi connectivity index (χ0n) is 10.7. The molecule has 0 aromatic carbocycles. The summed E-state index contributed by atoms with van der Waals surface area (Å²) in [6, 6.07) is 7.36. The Morgan fingerprint density at radius 1 is 1.37 bits per heavy atom. The Hall–Kier alpha value is -2.35. The van der Waals surface area contributed by atoms with E-state index in [-0.39, 0.29) is 11.5 Å². The van der Waals surface area contributed by atoms with Crippen molar-refractivity contribution in [1.29, 1.82) is 5.26 Å². The van der Waals surface area contributed by atoms with Crippen LogP contribution in [0.25, 0.3) is 0 Å². The lowest BCUT2D eigenvalue weighted by Gasteiger charge is -2.26. The Kier molecular flexibility index (Phi) is 4.51. The third-order valence-corrected chi connectivity index (χ3v) is 3.02. The van der Waals surface area contributed by atoms with Gasteiger partial charge >= 0.3 is 0 Å². The highest BCUT2D eigenvalue weighted by Crippen LogP contribution is 2.12.